The Labute approximate surface area is 113 Å². The molecule has 0 aromatic heterocycles. The number of rotatable bonds is 7. The maximum absolute atomic E-state index is 6.08. The highest BCUT2D eigenvalue weighted by Crippen LogP contribution is 2.25. The lowest BCUT2D eigenvalue weighted by atomic mass is 10.2. The van der Waals surface area contributed by atoms with Gasteiger partial charge in [-0.2, -0.15) is 0 Å². The third kappa shape index (κ3) is 5.73. The summed E-state index contributed by atoms with van der Waals surface area (Å²) in [6.07, 6.45) is 1.30. The molecule has 0 aliphatic heterocycles. The zero-order valence-electron chi connectivity index (χ0n) is 10.3. The first kappa shape index (κ1) is 14.8. The van der Waals surface area contributed by atoms with Crippen molar-refractivity contribution in [2.45, 2.75) is 32.9 Å². The Morgan fingerprint density at radius 2 is 2.06 bits per heavy atom. The molecule has 1 N–H and O–H groups in total. The average molecular weight is 276 g/mol. The lowest BCUT2D eigenvalue weighted by Gasteiger charge is -2.09. The molecule has 0 spiro atoms. The molecule has 0 bridgehead atoms. The van der Waals surface area contributed by atoms with E-state index >= 15 is 0 Å². The maximum Gasteiger partial charge on any atom is 0.0637 e. The minimum absolute atomic E-state index is 0.303. The van der Waals surface area contributed by atoms with Crippen LogP contribution in [-0.4, -0.2) is 19.3 Å². The van der Waals surface area contributed by atoms with Crippen molar-refractivity contribution in [2.24, 2.45) is 0 Å². The summed E-state index contributed by atoms with van der Waals surface area (Å²) in [6.45, 7) is 6.52. The first-order valence-corrected chi connectivity index (χ1v) is 6.62. The molecule has 0 fully saturated rings. The van der Waals surface area contributed by atoms with Gasteiger partial charge in [0, 0.05) is 13.2 Å². The molecule has 0 heterocycles. The van der Waals surface area contributed by atoms with Crippen LogP contribution in [0.4, 0.5) is 0 Å². The fourth-order valence-corrected chi connectivity index (χ4v) is 1.81. The van der Waals surface area contributed by atoms with E-state index in [4.69, 9.17) is 27.9 Å². The molecule has 2 nitrogen and oxygen atoms in total. The molecule has 96 valence electrons. The van der Waals surface area contributed by atoms with Gasteiger partial charge < -0.3 is 10.1 Å². The summed E-state index contributed by atoms with van der Waals surface area (Å²) in [4.78, 5) is 0. The second kappa shape index (κ2) is 7.93. The van der Waals surface area contributed by atoms with Gasteiger partial charge in [-0.1, -0.05) is 35.3 Å². The molecule has 0 saturated carbocycles. The smallest absolute Gasteiger partial charge is 0.0637 e. The van der Waals surface area contributed by atoms with Crippen LogP contribution in [0.3, 0.4) is 0 Å². The molecule has 17 heavy (non-hydrogen) atoms. The van der Waals surface area contributed by atoms with E-state index in [2.05, 4.69) is 5.32 Å². The zero-order chi connectivity index (χ0) is 12.7. The van der Waals surface area contributed by atoms with E-state index < -0.39 is 0 Å². The molecule has 0 atom stereocenters. The van der Waals surface area contributed by atoms with Gasteiger partial charge in [0.1, 0.15) is 0 Å². The Kier molecular flexibility index (Phi) is 6.90. The second-order valence-corrected chi connectivity index (χ2v) is 4.95. The number of halogens is 2. The molecule has 0 aliphatic rings. The van der Waals surface area contributed by atoms with Gasteiger partial charge in [-0.15, -0.1) is 0 Å². The number of nitrogens with one attached hydrogen (secondary N) is 1. The summed E-state index contributed by atoms with van der Waals surface area (Å²) in [6, 6.07) is 5.68. The standard InChI is InChI=1S/C13H19Cl2NO/c1-10(2)17-8-4-7-16-9-11-5-3-6-12(14)13(11)15/h3,5-6,10,16H,4,7-9H2,1-2H3. The quantitative estimate of drug-likeness (QED) is 0.763. The fraction of sp³-hybridized carbons (Fsp3) is 0.538. The molecule has 0 amide bonds. The van der Waals surface area contributed by atoms with Crippen LogP contribution in [0.1, 0.15) is 25.8 Å². The number of hydrogen-bond donors (Lipinski definition) is 1. The van der Waals surface area contributed by atoms with Gasteiger partial charge in [0.05, 0.1) is 16.1 Å². The van der Waals surface area contributed by atoms with E-state index in [9.17, 15) is 0 Å². The number of ether oxygens (including phenoxy) is 1. The van der Waals surface area contributed by atoms with E-state index in [1.54, 1.807) is 6.07 Å². The third-order valence-corrected chi connectivity index (χ3v) is 3.15. The summed E-state index contributed by atoms with van der Waals surface area (Å²) in [5, 5.41) is 4.57. The lowest BCUT2D eigenvalue weighted by molar-refractivity contribution is 0.0770. The van der Waals surface area contributed by atoms with Crippen LogP contribution in [-0.2, 0) is 11.3 Å². The summed E-state index contributed by atoms with van der Waals surface area (Å²) < 4.78 is 5.45. The molecule has 0 radical (unpaired) electrons. The largest absolute Gasteiger partial charge is 0.379 e. The lowest BCUT2D eigenvalue weighted by Crippen LogP contribution is -2.17. The molecule has 1 rings (SSSR count). The molecule has 0 unspecified atom stereocenters. The Morgan fingerprint density at radius 3 is 2.76 bits per heavy atom. The van der Waals surface area contributed by atoms with Gasteiger partial charge in [-0.05, 0) is 38.4 Å². The predicted octanol–water partition coefficient (Wildman–Crippen LogP) is 3.90. The number of benzene rings is 1. The van der Waals surface area contributed by atoms with Crippen LogP contribution in [0.5, 0.6) is 0 Å². The molecule has 0 aliphatic carbocycles. The van der Waals surface area contributed by atoms with Crippen LogP contribution in [0.2, 0.25) is 10.0 Å². The normalized spacial score (nSPS) is 11.1. The summed E-state index contributed by atoms with van der Waals surface area (Å²) in [5.41, 5.74) is 1.03. The van der Waals surface area contributed by atoms with Crippen molar-refractivity contribution in [3.05, 3.63) is 33.8 Å². The second-order valence-electron chi connectivity index (χ2n) is 4.16. The summed E-state index contributed by atoms with van der Waals surface area (Å²) in [7, 11) is 0. The highest BCUT2D eigenvalue weighted by atomic mass is 35.5. The molecule has 4 heteroatoms. The minimum Gasteiger partial charge on any atom is -0.379 e. The van der Waals surface area contributed by atoms with Gasteiger partial charge in [0.25, 0.3) is 0 Å². The van der Waals surface area contributed by atoms with Crippen LogP contribution < -0.4 is 5.32 Å². The predicted molar refractivity (Wildman–Crippen MR) is 73.9 cm³/mol. The summed E-state index contributed by atoms with van der Waals surface area (Å²) >= 11 is 12.0. The van der Waals surface area contributed by atoms with Gasteiger partial charge in [-0.25, -0.2) is 0 Å². The van der Waals surface area contributed by atoms with Crippen molar-refractivity contribution >= 4 is 23.2 Å². The van der Waals surface area contributed by atoms with E-state index in [0.717, 1.165) is 31.7 Å². The van der Waals surface area contributed by atoms with Gasteiger partial charge in [-0.3, -0.25) is 0 Å². The number of hydrogen-bond acceptors (Lipinski definition) is 2. The monoisotopic (exact) mass is 275 g/mol. The van der Waals surface area contributed by atoms with Gasteiger partial charge >= 0.3 is 0 Å². The van der Waals surface area contributed by atoms with E-state index in [1.807, 2.05) is 26.0 Å². The van der Waals surface area contributed by atoms with Crippen molar-refractivity contribution in [3.8, 4) is 0 Å². The topological polar surface area (TPSA) is 21.3 Å². The highest BCUT2D eigenvalue weighted by molar-refractivity contribution is 6.42. The molecular formula is C13H19Cl2NO. The molecule has 1 aromatic carbocycles. The average Bonchev–Trinajstić information content (AvgIpc) is 2.28. The van der Waals surface area contributed by atoms with Crippen LogP contribution in [0.25, 0.3) is 0 Å². The van der Waals surface area contributed by atoms with Crippen molar-refractivity contribution in [1.29, 1.82) is 0 Å². The fourth-order valence-electron chi connectivity index (χ4n) is 1.42. The maximum atomic E-state index is 6.08. The van der Waals surface area contributed by atoms with Crippen molar-refractivity contribution < 1.29 is 4.74 Å². The third-order valence-electron chi connectivity index (χ3n) is 2.30. The molecule has 1 aromatic rings. The first-order chi connectivity index (χ1) is 8.11. The van der Waals surface area contributed by atoms with Crippen LogP contribution >= 0.6 is 23.2 Å². The van der Waals surface area contributed by atoms with Gasteiger partial charge in [0.2, 0.25) is 0 Å². The Hall–Kier alpha value is -0.280. The van der Waals surface area contributed by atoms with Crippen LogP contribution in [0.15, 0.2) is 18.2 Å². The summed E-state index contributed by atoms with van der Waals surface area (Å²) in [5.74, 6) is 0. The van der Waals surface area contributed by atoms with Crippen LogP contribution in [0, 0.1) is 0 Å². The zero-order valence-corrected chi connectivity index (χ0v) is 11.8. The Bertz CT molecular complexity index is 342. The SMILES string of the molecule is CC(C)OCCCNCc1cccc(Cl)c1Cl. The Balaban J connectivity index is 2.20. The first-order valence-electron chi connectivity index (χ1n) is 5.86. The van der Waals surface area contributed by atoms with Crippen molar-refractivity contribution in [1.82, 2.24) is 5.32 Å². The molecule has 0 saturated heterocycles. The van der Waals surface area contributed by atoms with Gasteiger partial charge in [0.15, 0.2) is 0 Å². The minimum atomic E-state index is 0.303. The molecular weight excluding hydrogens is 257 g/mol. The highest BCUT2D eigenvalue weighted by Gasteiger charge is 2.03. The van der Waals surface area contributed by atoms with E-state index in [-0.39, 0.29) is 0 Å². The van der Waals surface area contributed by atoms with Crippen molar-refractivity contribution in [2.75, 3.05) is 13.2 Å². The van der Waals surface area contributed by atoms with E-state index in [0.29, 0.717) is 16.1 Å². The van der Waals surface area contributed by atoms with E-state index in [1.165, 1.54) is 0 Å². The Morgan fingerprint density at radius 1 is 1.29 bits per heavy atom. The van der Waals surface area contributed by atoms with Crippen molar-refractivity contribution in [3.63, 3.8) is 0 Å².